The first kappa shape index (κ1) is 14.9. The van der Waals surface area contributed by atoms with Crippen molar-refractivity contribution in [1.29, 1.82) is 0 Å². The lowest BCUT2D eigenvalue weighted by molar-refractivity contribution is 0.197. The van der Waals surface area contributed by atoms with E-state index in [1.54, 1.807) is 16.4 Å². The zero-order valence-corrected chi connectivity index (χ0v) is 13.0. The van der Waals surface area contributed by atoms with Gasteiger partial charge in [0.2, 0.25) is 0 Å². The Bertz CT molecular complexity index is 517. The maximum Gasteiger partial charge on any atom is 0.252 e. The maximum atomic E-state index is 12.5. The molecular weight excluding hydrogens is 282 g/mol. The highest BCUT2D eigenvalue weighted by atomic mass is 32.2. The lowest BCUT2D eigenvalue weighted by Gasteiger charge is -2.34. The molecule has 0 spiro atoms. The first-order chi connectivity index (χ1) is 8.95. The van der Waals surface area contributed by atoms with Crippen LogP contribution < -0.4 is 5.73 Å². The fraction of sp³-hybridized carbons (Fsp3) is 0.667. The molecule has 0 bridgehead atoms. The van der Waals surface area contributed by atoms with Crippen molar-refractivity contribution in [3.63, 3.8) is 0 Å². The van der Waals surface area contributed by atoms with E-state index in [0.29, 0.717) is 29.9 Å². The Morgan fingerprint density at radius 1 is 1.37 bits per heavy atom. The second kappa shape index (κ2) is 5.88. The van der Waals surface area contributed by atoms with Crippen LogP contribution in [0.25, 0.3) is 0 Å². The molecule has 1 aromatic rings. The molecule has 0 atom stereocenters. The number of nitrogens with two attached hydrogens (primary N) is 1. The summed E-state index contributed by atoms with van der Waals surface area (Å²) in [5.41, 5.74) is 5.53. The summed E-state index contributed by atoms with van der Waals surface area (Å²) in [5.74, 6) is 0. The highest BCUT2D eigenvalue weighted by molar-refractivity contribution is 7.91. The summed E-state index contributed by atoms with van der Waals surface area (Å²) in [7, 11) is 0.764. The first-order valence-corrected chi connectivity index (χ1v) is 8.66. The Morgan fingerprint density at radius 2 is 2.00 bits per heavy atom. The lowest BCUT2D eigenvalue weighted by Crippen LogP contribution is -2.44. The molecule has 7 heteroatoms. The molecule has 1 aliphatic heterocycles. The van der Waals surface area contributed by atoms with E-state index in [2.05, 4.69) is 4.90 Å². The number of hydrogen-bond donors (Lipinski definition) is 1. The third-order valence-electron chi connectivity index (χ3n) is 3.59. The Kier molecular flexibility index (Phi) is 4.62. The van der Waals surface area contributed by atoms with Gasteiger partial charge in [-0.1, -0.05) is 0 Å². The zero-order valence-electron chi connectivity index (χ0n) is 11.4. The van der Waals surface area contributed by atoms with Gasteiger partial charge in [0.15, 0.2) is 0 Å². The van der Waals surface area contributed by atoms with Crippen LogP contribution in [0.4, 0.5) is 0 Å². The molecule has 108 valence electrons. The van der Waals surface area contributed by atoms with Crippen molar-refractivity contribution in [2.24, 2.45) is 5.73 Å². The highest BCUT2D eigenvalue weighted by Crippen LogP contribution is 2.27. The van der Waals surface area contributed by atoms with E-state index in [1.807, 2.05) is 14.1 Å². The van der Waals surface area contributed by atoms with E-state index in [9.17, 15) is 8.42 Å². The second-order valence-corrected chi connectivity index (χ2v) is 8.36. The van der Waals surface area contributed by atoms with Crippen molar-refractivity contribution in [3.8, 4) is 0 Å². The summed E-state index contributed by atoms with van der Waals surface area (Å²) in [6, 6.07) is 3.94. The number of piperidine rings is 1. The molecule has 0 radical (unpaired) electrons. The minimum absolute atomic E-state index is 0.392. The van der Waals surface area contributed by atoms with Gasteiger partial charge in [0.1, 0.15) is 4.21 Å². The Labute approximate surface area is 119 Å². The van der Waals surface area contributed by atoms with E-state index in [0.717, 1.165) is 17.7 Å². The van der Waals surface area contributed by atoms with Crippen molar-refractivity contribution < 1.29 is 8.42 Å². The molecule has 0 saturated carbocycles. The molecule has 1 aromatic heterocycles. The van der Waals surface area contributed by atoms with Crippen molar-refractivity contribution in [1.82, 2.24) is 9.21 Å². The predicted octanol–water partition coefficient (Wildman–Crippen LogP) is 0.921. The van der Waals surface area contributed by atoms with Gasteiger partial charge in [0, 0.05) is 30.6 Å². The van der Waals surface area contributed by atoms with Crippen LogP contribution in [-0.4, -0.2) is 50.8 Å². The van der Waals surface area contributed by atoms with Crippen LogP contribution in [-0.2, 0) is 16.6 Å². The minimum atomic E-state index is -3.32. The molecule has 0 aromatic carbocycles. The smallest absolute Gasteiger partial charge is 0.252 e. The first-order valence-electron chi connectivity index (χ1n) is 6.40. The average Bonchev–Trinajstić information content (AvgIpc) is 2.88. The van der Waals surface area contributed by atoms with Gasteiger partial charge in [-0.05, 0) is 39.1 Å². The molecule has 0 amide bonds. The Hall–Kier alpha value is -0.470. The Morgan fingerprint density at radius 3 is 2.47 bits per heavy atom. The van der Waals surface area contributed by atoms with E-state index in [-0.39, 0.29) is 0 Å². The van der Waals surface area contributed by atoms with E-state index in [1.165, 1.54) is 11.3 Å². The molecule has 0 aliphatic carbocycles. The molecule has 1 fully saturated rings. The summed E-state index contributed by atoms with van der Waals surface area (Å²) >= 11 is 1.28. The standard InChI is InChI=1S/C12H21N3O2S2/c1-14(2)10-5-7-15(8-6-10)19(16,17)12-4-3-11(9-13)18-12/h3-4,10H,5-9,13H2,1-2H3. The van der Waals surface area contributed by atoms with Crippen molar-refractivity contribution >= 4 is 21.4 Å². The van der Waals surface area contributed by atoms with Gasteiger partial charge >= 0.3 is 0 Å². The highest BCUT2D eigenvalue weighted by Gasteiger charge is 2.30. The quantitative estimate of drug-likeness (QED) is 0.898. The molecule has 2 heterocycles. The van der Waals surface area contributed by atoms with E-state index < -0.39 is 10.0 Å². The van der Waals surface area contributed by atoms with Gasteiger partial charge < -0.3 is 10.6 Å². The van der Waals surface area contributed by atoms with Crippen LogP contribution in [0, 0.1) is 0 Å². The predicted molar refractivity (Wildman–Crippen MR) is 77.7 cm³/mol. The number of thiophene rings is 1. The van der Waals surface area contributed by atoms with Crippen molar-refractivity contribution in [2.45, 2.75) is 29.6 Å². The molecule has 19 heavy (non-hydrogen) atoms. The van der Waals surface area contributed by atoms with E-state index in [4.69, 9.17) is 5.73 Å². The lowest BCUT2D eigenvalue weighted by atomic mass is 10.1. The van der Waals surface area contributed by atoms with Crippen LogP contribution in [0.2, 0.25) is 0 Å². The fourth-order valence-corrected chi connectivity index (χ4v) is 5.19. The maximum absolute atomic E-state index is 12.5. The molecule has 2 rings (SSSR count). The monoisotopic (exact) mass is 303 g/mol. The molecule has 1 aliphatic rings. The SMILES string of the molecule is CN(C)C1CCN(S(=O)(=O)c2ccc(CN)s2)CC1. The van der Waals surface area contributed by atoms with E-state index >= 15 is 0 Å². The van der Waals surface area contributed by atoms with Gasteiger partial charge in [-0.2, -0.15) is 4.31 Å². The number of nitrogens with zero attached hydrogens (tertiary/aromatic N) is 2. The number of sulfonamides is 1. The van der Waals surface area contributed by atoms with Crippen LogP contribution in [0.3, 0.4) is 0 Å². The number of rotatable bonds is 4. The Balaban J connectivity index is 2.09. The minimum Gasteiger partial charge on any atom is -0.326 e. The summed E-state index contributed by atoms with van der Waals surface area (Å²) in [6.07, 6.45) is 1.78. The third kappa shape index (κ3) is 3.17. The molecular formula is C12H21N3O2S2. The summed E-state index contributed by atoms with van der Waals surface area (Å²) in [4.78, 5) is 3.07. The average molecular weight is 303 g/mol. The molecule has 5 nitrogen and oxygen atoms in total. The second-order valence-electron chi connectivity index (χ2n) is 5.02. The normalized spacial score (nSPS) is 19.2. The van der Waals surface area contributed by atoms with Crippen molar-refractivity contribution in [2.75, 3.05) is 27.2 Å². The number of hydrogen-bond acceptors (Lipinski definition) is 5. The summed E-state index contributed by atoms with van der Waals surface area (Å²) in [6.45, 7) is 1.59. The molecule has 0 unspecified atom stereocenters. The summed E-state index contributed by atoms with van der Waals surface area (Å²) in [5, 5.41) is 0. The zero-order chi connectivity index (χ0) is 14.0. The molecule has 2 N–H and O–H groups in total. The van der Waals surface area contributed by atoms with Crippen LogP contribution in [0.1, 0.15) is 17.7 Å². The van der Waals surface area contributed by atoms with Crippen LogP contribution >= 0.6 is 11.3 Å². The van der Waals surface area contributed by atoms with Crippen LogP contribution in [0.5, 0.6) is 0 Å². The summed E-state index contributed by atoms with van der Waals surface area (Å²) < 4.78 is 27.0. The van der Waals surface area contributed by atoms with Gasteiger partial charge in [-0.3, -0.25) is 0 Å². The van der Waals surface area contributed by atoms with Crippen LogP contribution in [0.15, 0.2) is 16.3 Å². The largest absolute Gasteiger partial charge is 0.326 e. The van der Waals surface area contributed by atoms with Crippen molar-refractivity contribution in [3.05, 3.63) is 17.0 Å². The van der Waals surface area contributed by atoms with Gasteiger partial charge in [-0.15, -0.1) is 11.3 Å². The van der Waals surface area contributed by atoms with Gasteiger partial charge in [0.05, 0.1) is 0 Å². The topological polar surface area (TPSA) is 66.6 Å². The van der Waals surface area contributed by atoms with Gasteiger partial charge in [-0.25, -0.2) is 8.42 Å². The third-order valence-corrected chi connectivity index (χ3v) is 7.06. The fourth-order valence-electron chi connectivity index (χ4n) is 2.33. The molecule has 1 saturated heterocycles. The van der Waals surface area contributed by atoms with Gasteiger partial charge in [0.25, 0.3) is 10.0 Å².